The van der Waals surface area contributed by atoms with Gasteiger partial charge in [-0.1, -0.05) is 30.3 Å². The molecule has 1 aliphatic heterocycles. The Bertz CT molecular complexity index is 855. The van der Waals surface area contributed by atoms with Crippen LogP contribution < -0.4 is 10.2 Å². The molecule has 0 radical (unpaired) electrons. The Labute approximate surface area is 175 Å². The highest BCUT2D eigenvalue weighted by Gasteiger charge is 2.29. The normalized spacial score (nSPS) is 21.6. The van der Waals surface area contributed by atoms with Crippen molar-refractivity contribution in [3.05, 3.63) is 41.5 Å². The number of ether oxygens (including phenoxy) is 2. The Hall–Kier alpha value is -2.22. The average molecular weight is 418 g/mol. The fourth-order valence-electron chi connectivity index (χ4n) is 3.85. The molecular weight excluding hydrogens is 388 g/mol. The van der Waals surface area contributed by atoms with Crippen LogP contribution in [-0.2, 0) is 14.3 Å². The molecule has 2 heterocycles. The van der Waals surface area contributed by atoms with Gasteiger partial charge in [0.25, 0.3) is 5.91 Å². The van der Waals surface area contributed by atoms with Crippen LogP contribution >= 0.6 is 11.3 Å². The largest absolute Gasteiger partial charge is 0.462 e. The topological polar surface area (TPSA) is 69.1 Å². The van der Waals surface area contributed by atoms with Gasteiger partial charge in [-0.05, 0) is 38.8 Å². The summed E-state index contributed by atoms with van der Waals surface area (Å²) in [6.45, 7) is 9.95. The number of hydrogen-bond acceptors (Lipinski definition) is 5. The van der Waals surface area contributed by atoms with E-state index in [2.05, 4.69) is 5.32 Å². The predicted molar refractivity (Wildman–Crippen MR) is 115 cm³/mol. The van der Waals surface area contributed by atoms with E-state index in [-0.39, 0.29) is 24.7 Å². The SMILES string of the molecule is CCOC(=O)c1c(NC(=O)C[NH+]2C[C@H](C)O[C@@H](C)C2)sc(-c2ccccc2)c1C. The lowest BCUT2D eigenvalue weighted by molar-refractivity contribution is -0.907. The van der Waals surface area contributed by atoms with Gasteiger partial charge >= 0.3 is 5.97 Å². The monoisotopic (exact) mass is 417 g/mol. The molecule has 1 aliphatic rings. The minimum Gasteiger partial charge on any atom is -0.462 e. The lowest BCUT2D eigenvalue weighted by Crippen LogP contribution is -3.16. The molecule has 1 aromatic heterocycles. The van der Waals surface area contributed by atoms with E-state index in [9.17, 15) is 9.59 Å². The third-order valence-corrected chi connectivity index (χ3v) is 6.20. The molecule has 6 nitrogen and oxygen atoms in total. The summed E-state index contributed by atoms with van der Waals surface area (Å²) < 4.78 is 11.0. The average Bonchev–Trinajstić information content (AvgIpc) is 2.97. The second-order valence-electron chi connectivity index (χ2n) is 7.49. The molecule has 0 unspecified atom stereocenters. The van der Waals surface area contributed by atoms with Crippen LogP contribution in [0.2, 0.25) is 0 Å². The number of rotatable bonds is 6. The van der Waals surface area contributed by atoms with Crippen LogP contribution in [0.1, 0.15) is 36.7 Å². The van der Waals surface area contributed by atoms with E-state index in [1.165, 1.54) is 16.2 Å². The predicted octanol–water partition coefficient (Wildman–Crippen LogP) is 2.53. The summed E-state index contributed by atoms with van der Waals surface area (Å²) in [4.78, 5) is 27.5. The third kappa shape index (κ3) is 5.23. The first-order valence-electron chi connectivity index (χ1n) is 10.0. The highest BCUT2D eigenvalue weighted by Crippen LogP contribution is 2.40. The smallest absolute Gasteiger partial charge is 0.341 e. The number of hydrogen-bond donors (Lipinski definition) is 2. The molecule has 1 saturated heterocycles. The van der Waals surface area contributed by atoms with Gasteiger partial charge in [-0.15, -0.1) is 11.3 Å². The van der Waals surface area contributed by atoms with Gasteiger partial charge < -0.3 is 19.7 Å². The van der Waals surface area contributed by atoms with E-state index in [0.29, 0.717) is 17.1 Å². The number of morpholine rings is 1. The van der Waals surface area contributed by atoms with Crippen molar-refractivity contribution in [2.45, 2.75) is 39.9 Å². The van der Waals surface area contributed by atoms with E-state index in [0.717, 1.165) is 29.1 Å². The molecule has 29 heavy (non-hydrogen) atoms. The zero-order valence-electron chi connectivity index (χ0n) is 17.4. The summed E-state index contributed by atoms with van der Waals surface area (Å²) in [5.41, 5.74) is 2.29. The van der Waals surface area contributed by atoms with Crippen molar-refractivity contribution in [1.29, 1.82) is 0 Å². The molecule has 2 N–H and O–H groups in total. The van der Waals surface area contributed by atoms with E-state index >= 15 is 0 Å². The number of anilines is 1. The van der Waals surface area contributed by atoms with Crippen molar-refractivity contribution >= 4 is 28.2 Å². The maximum Gasteiger partial charge on any atom is 0.341 e. The molecule has 1 fully saturated rings. The molecule has 0 spiro atoms. The van der Waals surface area contributed by atoms with E-state index in [4.69, 9.17) is 9.47 Å². The minimum atomic E-state index is -0.403. The van der Waals surface area contributed by atoms with Gasteiger partial charge in [0.05, 0.1) is 12.2 Å². The van der Waals surface area contributed by atoms with Gasteiger partial charge in [0, 0.05) is 4.88 Å². The van der Waals surface area contributed by atoms with Crippen LogP contribution in [0.5, 0.6) is 0 Å². The maximum atomic E-state index is 12.8. The number of quaternary nitrogens is 1. The Kier molecular flexibility index (Phi) is 7.05. The lowest BCUT2D eigenvalue weighted by atomic mass is 10.1. The Morgan fingerprint density at radius 3 is 2.48 bits per heavy atom. The van der Waals surface area contributed by atoms with E-state index in [1.807, 2.05) is 51.1 Å². The van der Waals surface area contributed by atoms with Crippen molar-refractivity contribution in [3.63, 3.8) is 0 Å². The molecule has 0 bridgehead atoms. The summed E-state index contributed by atoms with van der Waals surface area (Å²) in [5, 5.41) is 3.53. The van der Waals surface area contributed by atoms with Gasteiger partial charge in [-0.3, -0.25) is 4.79 Å². The van der Waals surface area contributed by atoms with Crippen molar-refractivity contribution in [2.24, 2.45) is 0 Å². The summed E-state index contributed by atoms with van der Waals surface area (Å²) in [6.07, 6.45) is 0.260. The Morgan fingerprint density at radius 2 is 1.86 bits per heavy atom. The van der Waals surface area contributed by atoms with Crippen LogP contribution in [0.25, 0.3) is 10.4 Å². The summed E-state index contributed by atoms with van der Waals surface area (Å²) >= 11 is 1.42. The van der Waals surface area contributed by atoms with Crippen LogP contribution in [0.15, 0.2) is 30.3 Å². The third-order valence-electron chi connectivity index (χ3n) is 4.94. The number of benzene rings is 1. The zero-order valence-corrected chi connectivity index (χ0v) is 18.2. The molecule has 1 amide bonds. The fraction of sp³-hybridized carbons (Fsp3) is 0.455. The molecule has 0 saturated carbocycles. The molecule has 2 atom stereocenters. The summed E-state index contributed by atoms with van der Waals surface area (Å²) in [7, 11) is 0. The number of amides is 1. The number of esters is 1. The number of thiophene rings is 1. The van der Waals surface area contributed by atoms with Gasteiger partial charge in [-0.25, -0.2) is 4.79 Å². The first-order chi connectivity index (χ1) is 13.9. The van der Waals surface area contributed by atoms with E-state index < -0.39 is 5.97 Å². The molecule has 7 heteroatoms. The summed E-state index contributed by atoms with van der Waals surface area (Å²) in [5.74, 6) is -0.507. The molecule has 2 aromatic rings. The molecule has 156 valence electrons. The fourth-order valence-corrected chi connectivity index (χ4v) is 5.06. The number of carbonyl (C=O) groups excluding carboxylic acids is 2. The number of carbonyl (C=O) groups is 2. The van der Waals surface area contributed by atoms with Crippen molar-refractivity contribution in [2.75, 3.05) is 31.6 Å². The highest BCUT2D eigenvalue weighted by molar-refractivity contribution is 7.20. The first-order valence-corrected chi connectivity index (χ1v) is 10.9. The molecule has 1 aromatic carbocycles. The van der Waals surface area contributed by atoms with E-state index in [1.54, 1.807) is 6.92 Å². The lowest BCUT2D eigenvalue weighted by Gasteiger charge is -2.31. The quantitative estimate of drug-likeness (QED) is 0.709. The molecule has 3 rings (SSSR count). The van der Waals surface area contributed by atoms with Gasteiger partial charge in [0.15, 0.2) is 6.54 Å². The molecular formula is C22H29N2O4S+. The van der Waals surface area contributed by atoms with Crippen molar-refractivity contribution < 1.29 is 24.0 Å². The van der Waals surface area contributed by atoms with Crippen LogP contribution in [-0.4, -0.2) is 50.3 Å². The van der Waals surface area contributed by atoms with Crippen molar-refractivity contribution in [3.8, 4) is 10.4 Å². The second-order valence-corrected chi connectivity index (χ2v) is 8.51. The molecule has 0 aliphatic carbocycles. The Morgan fingerprint density at radius 1 is 1.21 bits per heavy atom. The standard InChI is InChI=1S/C22H28N2O4S/c1-5-27-22(26)19-16(4)20(17-9-7-6-8-10-17)29-21(19)23-18(25)13-24-11-14(2)28-15(3)12-24/h6-10,14-15H,5,11-13H2,1-4H3,(H,23,25)/p+1/t14-,15-/m0/s1. The van der Waals surface area contributed by atoms with Gasteiger partial charge in [0.1, 0.15) is 30.3 Å². The zero-order chi connectivity index (χ0) is 21.0. The summed E-state index contributed by atoms with van der Waals surface area (Å²) in [6, 6.07) is 9.87. The number of nitrogens with one attached hydrogen (secondary N) is 2. The van der Waals surface area contributed by atoms with Crippen LogP contribution in [0, 0.1) is 6.92 Å². The minimum absolute atomic E-state index is 0.104. The van der Waals surface area contributed by atoms with Crippen LogP contribution in [0.4, 0.5) is 5.00 Å². The van der Waals surface area contributed by atoms with Crippen LogP contribution in [0.3, 0.4) is 0 Å². The maximum absolute atomic E-state index is 12.8. The van der Waals surface area contributed by atoms with Crippen molar-refractivity contribution in [1.82, 2.24) is 0 Å². The first kappa shape index (κ1) is 21.5. The van der Waals surface area contributed by atoms with Gasteiger partial charge in [0.2, 0.25) is 0 Å². The Balaban J connectivity index is 1.83. The van der Waals surface area contributed by atoms with Gasteiger partial charge in [-0.2, -0.15) is 0 Å². The highest BCUT2D eigenvalue weighted by atomic mass is 32.1. The second kappa shape index (κ2) is 9.52.